The molecule has 100 valence electrons. The summed E-state index contributed by atoms with van der Waals surface area (Å²) in [4.78, 5) is 18.6. The van der Waals surface area contributed by atoms with Gasteiger partial charge in [-0.1, -0.05) is 0 Å². The molecule has 5 nitrogen and oxygen atoms in total. The van der Waals surface area contributed by atoms with Gasteiger partial charge in [0, 0.05) is 6.20 Å². The van der Waals surface area contributed by atoms with Gasteiger partial charge in [0.15, 0.2) is 5.69 Å². The summed E-state index contributed by atoms with van der Waals surface area (Å²) in [5.41, 5.74) is 2.51. The fourth-order valence-corrected chi connectivity index (χ4v) is 1.87. The summed E-state index contributed by atoms with van der Waals surface area (Å²) >= 11 is 0. The van der Waals surface area contributed by atoms with Gasteiger partial charge in [0.1, 0.15) is 5.75 Å². The zero-order valence-electron chi connectivity index (χ0n) is 11.0. The Morgan fingerprint density at radius 3 is 2.75 bits per heavy atom. The molecule has 1 aromatic heterocycles. The first kappa shape index (κ1) is 13.6. The number of pyridine rings is 1. The highest BCUT2D eigenvalue weighted by atomic mass is 16.5. The monoisotopic (exact) mass is 268 g/mol. The third-order valence-electron chi connectivity index (χ3n) is 2.98. The molecule has 0 aliphatic carbocycles. The van der Waals surface area contributed by atoms with Crippen molar-refractivity contribution in [1.82, 2.24) is 4.98 Å². The van der Waals surface area contributed by atoms with Crippen LogP contribution in [0.3, 0.4) is 0 Å². The summed E-state index contributed by atoms with van der Waals surface area (Å²) in [6.07, 6.45) is 1.43. The Balaban J connectivity index is 2.61. The Hall–Kier alpha value is -2.87. The largest absolute Gasteiger partial charge is 0.498 e. The van der Waals surface area contributed by atoms with Crippen molar-refractivity contribution in [3.63, 3.8) is 0 Å². The molecule has 5 heteroatoms. The number of benzene rings is 1. The summed E-state index contributed by atoms with van der Waals surface area (Å²) in [6.45, 7) is 8.98. The molecule has 1 N–H and O–H groups in total. The van der Waals surface area contributed by atoms with E-state index in [2.05, 4.69) is 9.83 Å². The highest BCUT2D eigenvalue weighted by Gasteiger charge is 2.11. The molecule has 0 radical (unpaired) electrons. The van der Waals surface area contributed by atoms with Crippen LogP contribution in [0.4, 0.5) is 5.69 Å². The van der Waals surface area contributed by atoms with Crippen molar-refractivity contribution in [2.45, 2.75) is 6.92 Å². The van der Waals surface area contributed by atoms with Gasteiger partial charge in [-0.05, 0) is 42.3 Å². The molecule has 0 saturated carbocycles. The third-order valence-corrected chi connectivity index (χ3v) is 2.98. The minimum atomic E-state index is -1.02. The number of carbonyl (C=O) groups is 1. The number of carboxylic acid groups (broad SMARTS) is 1. The van der Waals surface area contributed by atoms with Crippen LogP contribution >= 0.6 is 0 Å². The Morgan fingerprint density at radius 2 is 2.15 bits per heavy atom. The lowest BCUT2D eigenvalue weighted by atomic mass is 10.0. The van der Waals surface area contributed by atoms with Crippen LogP contribution in [0.2, 0.25) is 0 Å². The molecule has 0 aliphatic rings. The topological polar surface area (TPSA) is 63.8 Å². The van der Waals surface area contributed by atoms with Gasteiger partial charge in [-0.15, -0.1) is 0 Å². The van der Waals surface area contributed by atoms with E-state index in [4.69, 9.17) is 16.4 Å². The van der Waals surface area contributed by atoms with Crippen LogP contribution in [0.5, 0.6) is 5.75 Å². The van der Waals surface area contributed by atoms with Crippen molar-refractivity contribution in [1.29, 1.82) is 0 Å². The van der Waals surface area contributed by atoms with Crippen LogP contribution in [0, 0.1) is 13.5 Å². The number of methoxy groups -OCH3 is 1. The predicted octanol–water partition coefficient (Wildman–Crippen LogP) is 3.31. The Kier molecular flexibility index (Phi) is 3.67. The lowest BCUT2D eigenvalue weighted by molar-refractivity contribution is 0.0697. The maximum atomic E-state index is 11.0. The van der Waals surface area contributed by atoms with Crippen molar-refractivity contribution in [3.8, 4) is 17.0 Å². The zero-order valence-corrected chi connectivity index (χ0v) is 11.0. The number of aromatic nitrogens is 1. The quantitative estimate of drug-likeness (QED) is 0.867. The lowest BCUT2D eigenvalue weighted by Crippen LogP contribution is -1.97. The van der Waals surface area contributed by atoms with E-state index in [0.717, 1.165) is 5.56 Å². The lowest BCUT2D eigenvalue weighted by Gasteiger charge is -2.10. The van der Waals surface area contributed by atoms with Gasteiger partial charge in [-0.3, -0.25) is 4.98 Å². The van der Waals surface area contributed by atoms with Gasteiger partial charge in [0.25, 0.3) is 0 Å². The number of rotatable bonds is 3. The second-order valence-electron chi connectivity index (χ2n) is 4.17. The molecule has 0 atom stereocenters. The minimum Gasteiger partial charge on any atom is -0.498 e. The van der Waals surface area contributed by atoms with E-state index >= 15 is 0 Å². The van der Waals surface area contributed by atoms with Gasteiger partial charge < -0.3 is 9.84 Å². The van der Waals surface area contributed by atoms with E-state index in [1.165, 1.54) is 25.4 Å². The highest BCUT2D eigenvalue weighted by Crippen LogP contribution is 2.34. The number of ether oxygens (including phenoxy) is 1. The van der Waals surface area contributed by atoms with E-state index in [1.807, 2.05) is 0 Å². The van der Waals surface area contributed by atoms with E-state index in [-0.39, 0.29) is 5.56 Å². The van der Waals surface area contributed by atoms with Crippen LogP contribution in [0.25, 0.3) is 16.1 Å². The van der Waals surface area contributed by atoms with Crippen LogP contribution < -0.4 is 4.74 Å². The maximum absolute atomic E-state index is 11.0. The summed E-state index contributed by atoms with van der Waals surface area (Å²) in [6, 6.07) is 6.32. The molecule has 0 fully saturated rings. The van der Waals surface area contributed by atoms with E-state index in [0.29, 0.717) is 22.7 Å². The van der Waals surface area contributed by atoms with E-state index < -0.39 is 5.97 Å². The standard InChI is InChI=1S/C15H12N2O3/c1-9-12(16-2)7-11(8-14(9)20-3)13-6-10(15(18)19)4-5-17-13/h4-8H,1,3H3,(H,18,19). The molecule has 1 aromatic carbocycles. The third kappa shape index (κ3) is 2.45. The molecular formula is C15H12N2O3. The molecule has 0 amide bonds. The van der Waals surface area contributed by atoms with Crippen molar-refractivity contribution in [2.24, 2.45) is 0 Å². The number of hydrogen-bond donors (Lipinski definition) is 1. The smallest absolute Gasteiger partial charge is 0.335 e. The van der Waals surface area contributed by atoms with Crippen molar-refractivity contribution in [2.75, 3.05) is 7.11 Å². The molecule has 2 rings (SSSR count). The van der Waals surface area contributed by atoms with Gasteiger partial charge in [-0.2, -0.15) is 0 Å². The normalized spacial score (nSPS) is 9.85. The molecular weight excluding hydrogens is 256 g/mol. The summed E-state index contributed by atoms with van der Waals surface area (Å²) in [7, 11) is 1.53. The molecule has 2 aromatic rings. The zero-order chi connectivity index (χ0) is 14.7. The Morgan fingerprint density at radius 1 is 1.40 bits per heavy atom. The van der Waals surface area contributed by atoms with Gasteiger partial charge >= 0.3 is 5.97 Å². The minimum absolute atomic E-state index is 0.152. The van der Waals surface area contributed by atoms with Crippen LogP contribution in [-0.4, -0.2) is 23.2 Å². The summed E-state index contributed by atoms with van der Waals surface area (Å²) in [5, 5.41) is 9.00. The van der Waals surface area contributed by atoms with Crippen molar-refractivity contribution < 1.29 is 14.6 Å². The van der Waals surface area contributed by atoms with Crippen molar-refractivity contribution >= 4 is 11.7 Å². The Bertz CT molecular complexity index is 718. The highest BCUT2D eigenvalue weighted by molar-refractivity contribution is 5.89. The van der Waals surface area contributed by atoms with Crippen LogP contribution in [0.1, 0.15) is 15.9 Å². The molecule has 0 bridgehead atoms. The van der Waals surface area contributed by atoms with Crippen molar-refractivity contribution in [3.05, 3.63) is 53.0 Å². The first-order valence-corrected chi connectivity index (χ1v) is 5.82. The molecule has 0 unspecified atom stereocenters. The molecule has 0 saturated heterocycles. The van der Waals surface area contributed by atoms with Gasteiger partial charge in [-0.25, -0.2) is 9.64 Å². The summed E-state index contributed by atoms with van der Waals surface area (Å²) < 4.78 is 5.24. The fraction of sp³-hybridized carbons (Fsp3) is 0.133. The Labute approximate surface area is 116 Å². The average molecular weight is 268 g/mol. The summed E-state index contributed by atoms with van der Waals surface area (Å²) in [5.74, 6) is -0.436. The first-order chi connectivity index (χ1) is 9.56. The predicted molar refractivity (Wildman–Crippen MR) is 74.2 cm³/mol. The van der Waals surface area contributed by atoms with Crippen LogP contribution in [0.15, 0.2) is 30.5 Å². The molecule has 0 spiro atoms. The number of hydrogen-bond acceptors (Lipinski definition) is 3. The SMILES string of the molecule is [C-]#[N+]c1cc(-c2cc(C(=O)O)ccn2)cc(OC)c1C. The van der Waals surface area contributed by atoms with Crippen LogP contribution in [-0.2, 0) is 0 Å². The van der Waals surface area contributed by atoms with E-state index in [1.54, 1.807) is 19.1 Å². The average Bonchev–Trinajstić information content (AvgIpc) is 2.47. The molecule has 20 heavy (non-hydrogen) atoms. The number of aromatic carboxylic acids is 1. The number of nitrogens with zero attached hydrogens (tertiary/aromatic N) is 2. The van der Waals surface area contributed by atoms with Gasteiger partial charge in [0.05, 0.1) is 24.9 Å². The fourth-order valence-electron chi connectivity index (χ4n) is 1.87. The molecule has 0 aliphatic heterocycles. The first-order valence-electron chi connectivity index (χ1n) is 5.82. The number of carboxylic acids is 1. The molecule has 1 heterocycles. The van der Waals surface area contributed by atoms with E-state index in [9.17, 15) is 4.79 Å². The second kappa shape index (κ2) is 5.41. The van der Waals surface area contributed by atoms with Gasteiger partial charge in [0.2, 0.25) is 0 Å². The second-order valence-corrected chi connectivity index (χ2v) is 4.17. The maximum Gasteiger partial charge on any atom is 0.335 e.